The quantitative estimate of drug-likeness (QED) is 0.794. The molecule has 0 saturated carbocycles. The molecule has 1 aliphatic rings. The van der Waals surface area contributed by atoms with E-state index in [2.05, 4.69) is 4.98 Å². The van der Waals surface area contributed by atoms with Crippen LogP contribution in [-0.2, 0) is 6.42 Å². The molecule has 0 aliphatic carbocycles. The van der Waals surface area contributed by atoms with Crippen LogP contribution in [0.2, 0.25) is 0 Å². The van der Waals surface area contributed by atoms with E-state index in [0.717, 1.165) is 17.7 Å². The first kappa shape index (κ1) is 11.8. The van der Waals surface area contributed by atoms with E-state index in [-0.39, 0.29) is 11.9 Å². The van der Waals surface area contributed by atoms with Gasteiger partial charge in [-0.1, -0.05) is 6.07 Å². The van der Waals surface area contributed by atoms with E-state index >= 15 is 0 Å². The zero-order valence-corrected chi connectivity index (χ0v) is 10.9. The number of aryl methyl sites for hydroxylation is 1. The van der Waals surface area contributed by atoms with Crippen molar-refractivity contribution in [3.8, 4) is 0 Å². The van der Waals surface area contributed by atoms with Gasteiger partial charge in [0.15, 0.2) is 11.6 Å². The number of hydrogen-bond donors (Lipinski definition) is 1. The van der Waals surface area contributed by atoms with Gasteiger partial charge in [-0.3, -0.25) is 4.79 Å². The van der Waals surface area contributed by atoms with Gasteiger partial charge in [-0.05, 0) is 31.0 Å². The Bertz CT molecular complexity index is 648. The minimum Gasteiger partial charge on any atom is -0.448 e. The maximum atomic E-state index is 12.5. The summed E-state index contributed by atoms with van der Waals surface area (Å²) in [6.45, 7) is 3.73. The fourth-order valence-electron chi connectivity index (χ4n) is 2.52. The molecule has 0 spiro atoms. The van der Waals surface area contributed by atoms with Crippen LogP contribution in [0.1, 0.15) is 28.9 Å². The molecule has 0 bridgehead atoms. The number of aromatic nitrogens is 1. The molecule has 19 heavy (non-hydrogen) atoms. The van der Waals surface area contributed by atoms with E-state index in [4.69, 9.17) is 10.2 Å². The van der Waals surface area contributed by atoms with Crippen LogP contribution in [0.5, 0.6) is 0 Å². The van der Waals surface area contributed by atoms with Crippen molar-refractivity contribution < 1.29 is 9.21 Å². The third-order valence-electron chi connectivity index (χ3n) is 3.38. The van der Waals surface area contributed by atoms with Crippen LogP contribution in [0.25, 0.3) is 0 Å². The van der Waals surface area contributed by atoms with E-state index in [9.17, 15) is 4.79 Å². The number of nitrogen functional groups attached to an aromatic ring is 1. The van der Waals surface area contributed by atoms with E-state index in [1.54, 1.807) is 11.8 Å². The van der Waals surface area contributed by atoms with Gasteiger partial charge in [0.05, 0.1) is 0 Å². The number of nitrogens with zero attached hydrogens (tertiary/aromatic N) is 2. The van der Waals surface area contributed by atoms with Crippen molar-refractivity contribution >= 4 is 17.3 Å². The highest BCUT2D eigenvalue weighted by Gasteiger charge is 2.32. The van der Waals surface area contributed by atoms with E-state index < -0.39 is 0 Å². The van der Waals surface area contributed by atoms with Gasteiger partial charge >= 0.3 is 0 Å². The molecule has 2 aromatic rings. The molecule has 1 aromatic heterocycles. The summed E-state index contributed by atoms with van der Waals surface area (Å²) in [6.07, 6.45) is 2.23. The number of carbonyl (C=O) groups excluding carboxylic acids is 1. The number of hydrogen-bond acceptors (Lipinski definition) is 4. The number of anilines is 2. The molecule has 0 radical (unpaired) electrons. The van der Waals surface area contributed by atoms with Crippen molar-refractivity contribution in [3.05, 3.63) is 41.6 Å². The van der Waals surface area contributed by atoms with Gasteiger partial charge < -0.3 is 15.1 Å². The van der Waals surface area contributed by atoms with Gasteiger partial charge in [0.1, 0.15) is 6.26 Å². The summed E-state index contributed by atoms with van der Waals surface area (Å²) in [5, 5.41) is 0. The second kappa shape index (κ2) is 4.12. The van der Waals surface area contributed by atoms with Crippen molar-refractivity contribution in [2.75, 3.05) is 10.6 Å². The smallest absolute Gasteiger partial charge is 0.280 e. The first-order valence-corrected chi connectivity index (χ1v) is 6.20. The molecular formula is C14H15N3O2. The van der Waals surface area contributed by atoms with Gasteiger partial charge in [0.25, 0.3) is 5.91 Å². The normalized spacial score (nSPS) is 17.6. The molecule has 1 atom stereocenters. The minimum atomic E-state index is -0.145. The Morgan fingerprint density at radius 3 is 3.00 bits per heavy atom. The topological polar surface area (TPSA) is 72.4 Å². The number of carbonyl (C=O) groups is 1. The van der Waals surface area contributed by atoms with Crippen LogP contribution in [0.4, 0.5) is 11.4 Å². The summed E-state index contributed by atoms with van der Waals surface area (Å²) < 4.78 is 5.11. The third-order valence-corrected chi connectivity index (χ3v) is 3.38. The molecule has 1 amide bonds. The zero-order chi connectivity index (χ0) is 13.6. The molecular weight excluding hydrogens is 242 g/mol. The largest absolute Gasteiger partial charge is 0.448 e. The average molecular weight is 257 g/mol. The Hall–Kier alpha value is -2.30. The Morgan fingerprint density at radius 1 is 1.53 bits per heavy atom. The maximum absolute atomic E-state index is 12.5. The van der Waals surface area contributed by atoms with Crippen LogP contribution in [-0.4, -0.2) is 16.9 Å². The SMILES string of the molecule is Cc1nc(C(=O)N2c3cc(N)ccc3CC2C)co1. The van der Waals surface area contributed by atoms with Gasteiger partial charge in [-0.25, -0.2) is 4.98 Å². The van der Waals surface area contributed by atoms with E-state index in [1.165, 1.54) is 6.26 Å². The number of fused-ring (bicyclic) bond motifs is 1. The molecule has 1 aliphatic heterocycles. The predicted molar refractivity (Wildman–Crippen MR) is 72.1 cm³/mol. The van der Waals surface area contributed by atoms with Crippen molar-refractivity contribution in [2.45, 2.75) is 26.3 Å². The lowest BCUT2D eigenvalue weighted by Gasteiger charge is -2.21. The lowest BCUT2D eigenvalue weighted by Crippen LogP contribution is -2.36. The lowest BCUT2D eigenvalue weighted by molar-refractivity contribution is 0.0976. The fourth-order valence-corrected chi connectivity index (χ4v) is 2.52. The molecule has 5 nitrogen and oxygen atoms in total. The molecule has 1 aromatic carbocycles. The number of amides is 1. The highest BCUT2D eigenvalue weighted by molar-refractivity contribution is 6.06. The van der Waals surface area contributed by atoms with E-state index in [0.29, 0.717) is 17.3 Å². The first-order valence-electron chi connectivity index (χ1n) is 6.20. The Labute approximate surface area is 111 Å². The molecule has 0 saturated heterocycles. The molecule has 0 fully saturated rings. The Kier molecular flexibility index (Phi) is 2.55. The van der Waals surface area contributed by atoms with Gasteiger partial charge in [-0.2, -0.15) is 0 Å². The number of oxazole rings is 1. The Balaban J connectivity index is 2.02. The van der Waals surface area contributed by atoms with Crippen LogP contribution in [0.3, 0.4) is 0 Å². The second-order valence-corrected chi connectivity index (χ2v) is 4.87. The van der Waals surface area contributed by atoms with Gasteiger partial charge in [0.2, 0.25) is 0 Å². The van der Waals surface area contributed by atoms with Crippen molar-refractivity contribution in [2.24, 2.45) is 0 Å². The summed E-state index contributed by atoms with van der Waals surface area (Å²) in [7, 11) is 0. The van der Waals surface area contributed by atoms with Gasteiger partial charge in [-0.15, -0.1) is 0 Å². The molecule has 5 heteroatoms. The molecule has 2 heterocycles. The summed E-state index contributed by atoms with van der Waals surface area (Å²) in [6, 6.07) is 5.77. The van der Waals surface area contributed by atoms with Crippen molar-refractivity contribution in [1.82, 2.24) is 4.98 Å². The highest BCUT2D eigenvalue weighted by atomic mass is 16.3. The van der Waals surface area contributed by atoms with Crippen LogP contribution < -0.4 is 10.6 Å². The third kappa shape index (κ3) is 1.87. The van der Waals surface area contributed by atoms with Crippen LogP contribution in [0.15, 0.2) is 28.9 Å². The second-order valence-electron chi connectivity index (χ2n) is 4.87. The van der Waals surface area contributed by atoms with E-state index in [1.807, 2.05) is 25.1 Å². The average Bonchev–Trinajstić information content (AvgIpc) is 2.91. The highest BCUT2D eigenvalue weighted by Crippen LogP contribution is 2.34. The fraction of sp³-hybridized carbons (Fsp3) is 0.286. The first-order chi connectivity index (χ1) is 9.06. The van der Waals surface area contributed by atoms with Gasteiger partial charge in [0, 0.05) is 24.3 Å². The predicted octanol–water partition coefficient (Wildman–Crippen LogP) is 2.16. The summed E-state index contributed by atoms with van der Waals surface area (Å²) in [5.74, 6) is 0.344. The Morgan fingerprint density at radius 2 is 2.32 bits per heavy atom. The molecule has 2 N–H and O–H groups in total. The summed E-state index contributed by atoms with van der Waals surface area (Å²) in [4.78, 5) is 18.3. The van der Waals surface area contributed by atoms with Crippen molar-refractivity contribution in [3.63, 3.8) is 0 Å². The number of nitrogens with two attached hydrogens (primary N) is 1. The summed E-state index contributed by atoms with van der Waals surface area (Å²) >= 11 is 0. The number of rotatable bonds is 1. The molecule has 1 unspecified atom stereocenters. The van der Waals surface area contributed by atoms with Crippen LogP contribution in [0, 0.1) is 6.92 Å². The van der Waals surface area contributed by atoms with Crippen molar-refractivity contribution in [1.29, 1.82) is 0 Å². The monoisotopic (exact) mass is 257 g/mol. The zero-order valence-electron chi connectivity index (χ0n) is 10.9. The number of benzene rings is 1. The lowest BCUT2D eigenvalue weighted by atomic mass is 10.1. The minimum absolute atomic E-state index is 0.0984. The molecule has 3 rings (SSSR count). The maximum Gasteiger partial charge on any atom is 0.280 e. The summed E-state index contributed by atoms with van der Waals surface area (Å²) in [5.41, 5.74) is 8.80. The standard InChI is InChI=1S/C14H15N3O2/c1-8-5-10-3-4-11(15)6-13(10)17(8)14(18)12-7-19-9(2)16-12/h3-4,6-8H,5,15H2,1-2H3. The molecule has 98 valence electrons. The van der Waals surface area contributed by atoms with Crippen LogP contribution >= 0.6 is 0 Å².